The van der Waals surface area contributed by atoms with E-state index < -0.39 is 0 Å². The van der Waals surface area contributed by atoms with Gasteiger partial charge in [-0.1, -0.05) is 5.16 Å². The molecule has 0 aliphatic carbocycles. The fraction of sp³-hybridized carbons (Fsp3) is 0.333. The fourth-order valence-corrected chi connectivity index (χ4v) is 2.54. The summed E-state index contributed by atoms with van der Waals surface area (Å²) in [5.74, 6) is 1.33. The minimum Gasteiger partial charge on any atom is -0.465 e. The zero-order valence-electron chi connectivity index (χ0n) is 11.6. The van der Waals surface area contributed by atoms with Crippen LogP contribution in [0.4, 0.5) is 5.88 Å². The van der Waals surface area contributed by atoms with E-state index in [1.807, 2.05) is 11.0 Å². The highest BCUT2D eigenvalue weighted by Gasteiger charge is 2.24. The lowest BCUT2D eigenvalue weighted by Crippen LogP contribution is -2.36. The van der Waals surface area contributed by atoms with Crippen molar-refractivity contribution in [3.63, 3.8) is 0 Å². The molecule has 1 aliphatic heterocycles. The first kappa shape index (κ1) is 13.5. The van der Waals surface area contributed by atoms with Crippen LogP contribution in [0, 0.1) is 0 Å². The number of hydrogen-bond acceptors (Lipinski definition) is 5. The van der Waals surface area contributed by atoms with Gasteiger partial charge < -0.3 is 19.6 Å². The molecule has 0 radical (unpaired) electrons. The molecule has 0 bridgehead atoms. The van der Waals surface area contributed by atoms with Crippen molar-refractivity contribution in [2.24, 2.45) is 0 Å². The molecule has 21 heavy (non-hydrogen) atoms. The standard InChI is InChI=1S/C15H17N3O3/c16-14-10-13(17-21-14)11-5-7-18(8-6-11)15(19)4-3-12-2-1-9-20-12/h1-4,9-11H,5-8,16H2. The van der Waals surface area contributed by atoms with Crippen LogP contribution in [0.5, 0.6) is 0 Å². The molecule has 3 rings (SSSR count). The number of carbonyl (C=O) groups excluding carboxylic acids is 1. The predicted molar refractivity (Wildman–Crippen MR) is 77.2 cm³/mol. The Morgan fingerprint density at radius 1 is 1.43 bits per heavy atom. The molecule has 0 atom stereocenters. The molecule has 1 saturated heterocycles. The molecule has 110 valence electrons. The Labute approximate surface area is 122 Å². The Balaban J connectivity index is 1.54. The quantitative estimate of drug-likeness (QED) is 0.875. The van der Waals surface area contributed by atoms with Crippen LogP contribution in [0.3, 0.4) is 0 Å². The van der Waals surface area contributed by atoms with Gasteiger partial charge in [-0.3, -0.25) is 4.79 Å². The van der Waals surface area contributed by atoms with Crippen molar-refractivity contribution in [2.75, 3.05) is 18.8 Å². The Hall–Kier alpha value is -2.50. The largest absolute Gasteiger partial charge is 0.465 e. The zero-order chi connectivity index (χ0) is 14.7. The zero-order valence-corrected chi connectivity index (χ0v) is 11.6. The smallest absolute Gasteiger partial charge is 0.246 e. The molecule has 3 heterocycles. The van der Waals surface area contributed by atoms with E-state index in [-0.39, 0.29) is 5.91 Å². The molecule has 6 nitrogen and oxygen atoms in total. The molecular formula is C15H17N3O3. The van der Waals surface area contributed by atoms with Crippen molar-refractivity contribution in [1.29, 1.82) is 0 Å². The Morgan fingerprint density at radius 2 is 2.24 bits per heavy atom. The van der Waals surface area contributed by atoms with Crippen LogP contribution in [0.2, 0.25) is 0 Å². The third kappa shape index (κ3) is 3.16. The minimum absolute atomic E-state index is 0.00418. The van der Waals surface area contributed by atoms with E-state index >= 15 is 0 Å². The average molecular weight is 287 g/mol. The number of hydrogen-bond donors (Lipinski definition) is 1. The summed E-state index contributed by atoms with van der Waals surface area (Å²) in [5.41, 5.74) is 6.42. The van der Waals surface area contributed by atoms with Crippen LogP contribution >= 0.6 is 0 Å². The maximum Gasteiger partial charge on any atom is 0.246 e. The first-order valence-corrected chi connectivity index (χ1v) is 6.95. The van der Waals surface area contributed by atoms with Crippen molar-refractivity contribution < 1.29 is 13.7 Å². The summed E-state index contributed by atoms with van der Waals surface area (Å²) in [5, 5.41) is 3.95. The van der Waals surface area contributed by atoms with Crippen molar-refractivity contribution in [2.45, 2.75) is 18.8 Å². The van der Waals surface area contributed by atoms with E-state index in [0.717, 1.165) is 18.5 Å². The highest BCUT2D eigenvalue weighted by molar-refractivity contribution is 5.91. The molecule has 2 aromatic heterocycles. The average Bonchev–Trinajstić information content (AvgIpc) is 3.16. The topological polar surface area (TPSA) is 85.5 Å². The van der Waals surface area contributed by atoms with E-state index in [2.05, 4.69) is 5.16 Å². The number of anilines is 1. The number of carbonyl (C=O) groups is 1. The SMILES string of the molecule is Nc1cc(C2CCN(C(=O)C=Cc3ccco3)CC2)no1. The number of nitrogens with two attached hydrogens (primary N) is 1. The Bertz CT molecular complexity index is 622. The number of piperidine rings is 1. The molecule has 1 fully saturated rings. The van der Waals surface area contributed by atoms with Gasteiger partial charge in [-0.25, -0.2) is 0 Å². The third-order valence-corrected chi connectivity index (χ3v) is 3.70. The van der Waals surface area contributed by atoms with Gasteiger partial charge in [-0.15, -0.1) is 0 Å². The van der Waals surface area contributed by atoms with E-state index in [4.69, 9.17) is 14.7 Å². The molecule has 2 aromatic rings. The second-order valence-electron chi connectivity index (χ2n) is 5.10. The fourth-order valence-electron chi connectivity index (χ4n) is 2.54. The number of amides is 1. The second-order valence-corrected chi connectivity index (χ2v) is 5.10. The lowest BCUT2D eigenvalue weighted by atomic mass is 9.93. The molecule has 0 aromatic carbocycles. The maximum absolute atomic E-state index is 12.1. The molecule has 1 amide bonds. The number of furan rings is 1. The summed E-state index contributed by atoms with van der Waals surface area (Å²) in [4.78, 5) is 13.9. The maximum atomic E-state index is 12.1. The predicted octanol–water partition coefficient (Wildman–Crippen LogP) is 2.27. The van der Waals surface area contributed by atoms with E-state index in [9.17, 15) is 4.79 Å². The summed E-state index contributed by atoms with van der Waals surface area (Å²) in [7, 11) is 0. The van der Waals surface area contributed by atoms with Gasteiger partial charge in [0.05, 0.1) is 12.0 Å². The van der Waals surface area contributed by atoms with Gasteiger partial charge in [0.15, 0.2) is 0 Å². The van der Waals surface area contributed by atoms with Crippen LogP contribution in [0.1, 0.15) is 30.2 Å². The van der Waals surface area contributed by atoms with Crippen LogP contribution in [0.25, 0.3) is 6.08 Å². The van der Waals surface area contributed by atoms with Crippen LogP contribution < -0.4 is 5.73 Å². The number of nitrogen functional groups attached to an aromatic ring is 1. The van der Waals surface area contributed by atoms with Gasteiger partial charge in [-0.2, -0.15) is 0 Å². The van der Waals surface area contributed by atoms with Crippen molar-refractivity contribution in [1.82, 2.24) is 10.1 Å². The van der Waals surface area contributed by atoms with Gasteiger partial charge in [0.1, 0.15) is 5.76 Å². The van der Waals surface area contributed by atoms with E-state index in [1.165, 1.54) is 0 Å². The molecule has 6 heteroatoms. The summed E-state index contributed by atoms with van der Waals surface area (Å²) in [6.07, 6.45) is 6.55. The van der Waals surface area contributed by atoms with Gasteiger partial charge in [0.2, 0.25) is 11.8 Å². The molecule has 1 aliphatic rings. The monoisotopic (exact) mass is 287 g/mol. The lowest BCUT2D eigenvalue weighted by Gasteiger charge is -2.30. The highest BCUT2D eigenvalue weighted by atomic mass is 16.5. The second kappa shape index (κ2) is 5.87. The highest BCUT2D eigenvalue weighted by Crippen LogP contribution is 2.28. The number of rotatable bonds is 3. The van der Waals surface area contributed by atoms with E-state index in [0.29, 0.717) is 30.7 Å². The van der Waals surface area contributed by atoms with Gasteiger partial charge in [0.25, 0.3) is 0 Å². The van der Waals surface area contributed by atoms with Crippen LogP contribution in [-0.2, 0) is 4.79 Å². The van der Waals surface area contributed by atoms with Crippen molar-refractivity contribution >= 4 is 17.9 Å². The number of nitrogens with zero attached hydrogens (tertiary/aromatic N) is 2. The minimum atomic E-state index is 0.00418. The van der Waals surface area contributed by atoms with Gasteiger partial charge >= 0.3 is 0 Å². The molecule has 2 N–H and O–H groups in total. The Kier molecular flexibility index (Phi) is 3.77. The summed E-state index contributed by atoms with van der Waals surface area (Å²) in [6, 6.07) is 5.36. The van der Waals surface area contributed by atoms with Gasteiger partial charge in [0, 0.05) is 31.1 Å². The molecular weight excluding hydrogens is 270 g/mol. The first-order chi connectivity index (χ1) is 10.2. The summed E-state index contributed by atoms with van der Waals surface area (Å²) < 4.78 is 10.1. The number of likely N-dealkylation sites (tertiary alicyclic amines) is 1. The number of aromatic nitrogens is 1. The van der Waals surface area contributed by atoms with Crippen molar-refractivity contribution in [3.8, 4) is 0 Å². The van der Waals surface area contributed by atoms with E-state index in [1.54, 1.807) is 30.5 Å². The van der Waals surface area contributed by atoms with Crippen LogP contribution in [0.15, 0.2) is 39.5 Å². The Morgan fingerprint density at radius 3 is 2.86 bits per heavy atom. The normalized spacial score (nSPS) is 16.7. The van der Waals surface area contributed by atoms with Gasteiger partial charge in [-0.05, 0) is 31.1 Å². The molecule has 0 saturated carbocycles. The van der Waals surface area contributed by atoms with Crippen LogP contribution in [-0.4, -0.2) is 29.1 Å². The molecule has 0 spiro atoms. The summed E-state index contributed by atoms with van der Waals surface area (Å²) >= 11 is 0. The molecule has 0 unspecified atom stereocenters. The summed E-state index contributed by atoms with van der Waals surface area (Å²) in [6.45, 7) is 1.41. The lowest BCUT2D eigenvalue weighted by molar-refractivity contribution is -0.127. The third-order valence-electron chi connectivity index (χ3n) is 3.70. The van der Waals surface area contributed by atoms with Crippen molar-refractivity contribution in [3.05, 3.63) is 42.0 Å². The first-order valence-electron chi connectivity index (χ1n) is 6.95.